The highest BCUT2D eigenvalue weighted by Crippen LogP contribution is 2.45. The van der Waals surface area contributed by atoms with Crippen LogP contribution in [0.2, 0.25) is 0 Å². The number of alkyl halides is 3. The zero-order valence-corrected chi connectivity index (χ0v) is 22.0. The Hall–Kier alpha value is -0.700. The van der Waals surface area contributed by atoms with Gasteiger partial charge in [-0.05, 0) is 92.7 Å². The van der Waals surface area contributed by atoms with Crippen LogP contribution in [-0.4, -0.2) is 13.7 Å². The summed E-state index contributed by atoms with van der Waals surface area (Å²) >= 11 is 7.00. The summed E-state index contributed by atoms with van der Waals surface area (Å²) in [4.78, 5) is 38.4. The highest BCUT2D eigenvalue weighted by molar-refractivity contribution is 14.3. The van der Waals surface area contributed by atoms with E-state index in [4.69, 9.17) is 0 Å². The summed E-state index contributed by atoms with van der Waals surface area (Å²) in [5.74, 6) is 0. The number of aromatic nitrogens is 3. The number of nitrogens with zero attached hydrogens (tertiary/aromatic N) is 3. The van der Waals surface area contributed by atoms with E-state index in [-0.39, 0.29) is 19.1 Å². The molecule has 9 heteroatoms. The van der Waals surface area contributed by atoms with Crippen LogP contribution in [0, 0.1) is 0 Å². The Morgan fingerprint density at radius 1 is 0.821 bits per heavy atom. The molecular formula is C19H20I3N3O3. The molecule has 0 radical (unpaired) electrons. The first-order chi connectivity index (χ1) is 12.9. The second-order valence-electron chi connectivity index (χ2n) is 6.72. The fourth-order valence-corrected chi connectivity index (χ4v) is 3.69. The smallest absolute Gasteiger partial charge is 0.247 e. The molecule has 0 bridgehead atoms. The molecule has 1 aromatic heterocycles. The van der Waals surface area contributed by atoms with Crippen molar-refractivity contribution in [2.24, 2.45) is 0 Å². The maximum Gasteiger partial charge on any atom is 0.336 e. The highest BCUT2D eigenvalue weighted by atomic mass is 127. The van der Waals surface area contributed by atoms with Crippen molar-refractivity contribution in [2.75, 3.05) is 0 Å². The van der Waals surface area contributed by atoms with Gasteiger partial charge in [0.05, 0.1) is 19.6 Å². The van der Waals surface area contributed by atoms with Crippen LogP contribution in [0.15, 0.2) is 63.0 Å². The van der Waals surface area contributed by atoms with Crippen molar-refractivity contribution >= 4 is 67.8 Å². The first-order valence-electron chi connectivity index (χ1n) is 8.31. The van der Waals surface area contributed by atoms with Crippen molar-refractivity contribution in [1.82, 2.24) is 13.7 Å². The number of halogens is 3. The van der Waals surface area contributed by atoms with E-state index in [0.717, 1.165) is 24.8 Å². The zero-order chi connectivity index (χ0) is 21.2. The quantitative estimate of drug-likeness (QED) is 0.249. The van der Waals surface area contributed by atoms with Gasteiger partial charge in [-0.3, -0.25) is 0 Å². The highest BCUT2D eigenvalue weighted by Gasteiger charge is 2.20. The molecule has 0 unspecified atom stereocenters. The topological polar surface area (TPSA) is 66.0 Å². The van der Waals surface area contributed by atoms with Gasteiger partial charge in [0.1, 0.15) is -0.565 Å². The van der Waals surface area contributed by atoms with Crippen LogP contribution in [0.5, 0.6) is 0 Å². The summed E-state index contributed by atoms with van der Waals surface area (Å²) in [5.41, 5.74) is 1.32. The number of hydrogen-bond acceptors (Lipinski definition) is 3. The fourth-order valence-electron chi connectivity index (χ4n) is 2.61. The molecule has 0 N–H and O–H groups in total. The van der Waals surface area contributed by atoms with Gasteiger partial charge in [-0.1, -0.05) is 48.6 Å². The van der Waals surface area contributed by atoms with Crippen molar-refractivity contribution in [3.8, 4) is 0 Å². The lowest BCUT2D eigenvalue weighted by molar-refractivity contribution is 0.488. The van der Waals surface area contributed by atoms with Crippen molar-refractivity contribution in [3.05, 3.63) is 91.1 Å². The van der Waals surface area contributed by atoms with Crippen molar-refractivity contribution in [1.29, 1.82) is 0 Å². The van der Waals surface area contributed by atoms with Gasteiger partial charge in [0.2, 0.25) is 0 Å². The standard InChI is InChI=1S/C19H20I3N3O3/c1-12(2)9-23-16(26)24(10-13(3)4)18(28)25(17(23)27)11-14-5-7-15(8-6-14)19(20,21)22/h5-8H,1,3,9-11H2,2,4H3. The van der Waals surface area contributed by atoms with Gasteiger partial charge in [-0.2, -0.15) is 0 Å². The van der Waals surface area contributed by atoms with Gasteiger partial charge in [0, 0.05) is 0 Å². The van der Waals surface area contributed by atoms with Crippen LogP contribution in [0.3, 0.4) is 0 Å². The van der Waals surface area contributed by atoms with E-state index >= 15 is 0 Å². The molecular weight excluding hydrogens is 699 g/mol. The molecule has 150 valence electrons. The normalized spacial score (nSPS) is 11.5. The van der Waals surface area contributed by atoms with E-state index in [9.17, 15) is 14.4 Å². The molecule has 0 aliphatic heterocycles. The zero-order valence-electron chi connectivity index (χ0n) is 15.5. The third-order valence-electron chi connectivity index (χ3n) is 3.86. The molecule has 0 saturated carbocycles. The van der Waals surface area contributed by atoms with Crippen molar-refractivity contribution < 1.29 is 0 Å². The first kappa shape index (κ1) is 23.6. The Morgan fingerprint density at radius 3 is 1.57 bits per heavy atom. The lowest BCUT2D eigenvalue weighted by Crippen LogP contribution is -2.54. The lowest BCUT2D eigenvalue weighted by Gasteiger charge is -2.15. The third kappa shape index (κ3) is 5.68. The minimum absolute atomic E-state index is 0.0636. The minimum atomic E-state index is -0.642. The Balaban J connectivity index is 2.61. The average Bonchev–Trinajstić information content (AvgIpc) is 2.59. The lowest BCUT2D eigenvalue weighted by atomic mass is 10.1. The largest absolute Gasteiger partial charge is 0.336 e. The van der Waals surface area contributed by atoms with Gasteiger partial charge in [0.15, 0.2) is 0 Å². The Morgan fingerprint density at radius 2 is 1.21 bits per heavy atom. The van der Waals surface area contributed by atoms with E-state index in [1.54, 1.807) is 13.8 Å². The first-order valence-corrected chi connectivity index (χ1v) is 11.5. The minimum Gasteiger partial charge on any atom is -0.247 e. The Bertz CT molecular complexity index is 1030. The number of allylic oxidation sites excluding steroid dienone is 2. The summed E-state index contributed by atoms with van der Waals surface area (Å²) in [6, 6.07) is 7.73. The molecule has 2 aromatic rings. The van der Waals surface area contributed by atoms with Gasteiger partial charge in [0.25, 0.3) is 0 Å². The van der Waals surface area contributed by atoms with E-state index in [1.807, 2.05) is 24.3 Å². The molecule has 0 saturated heterocycles. The summed E-state index contributed by atoms with van der Waals surface area (Å²) in [7, 11) is 0. The predicted octanol–water partition coefficient (Wildman–Crippen LogP) is 3.79. The average molecular weight is 719 g/mol. The Labute approximate surface area is 203 Å². The second kappa shape index (κ2) is 9.41. The summed E-state index contributed by atoms with van der Waals surface area (Å²) < 4.78 is 3.11. The predicted molar refractivity (Wildman–Crippen MR) is 138 cm³/mol. The van der Waals surface area contributed by atoms with E-state index in [1.165, 1.54) is 0 Å². The van der Waals surface area contributed by atoms with E-state index < -0.39 is 17.1 Å². The van der Waals surface area contributed by atoms with Gasteiger partial charge in [-0.15, -0.1) is 0 Å². The van der Waals surface area contributed by atoms with Crippen molar-refractivity contribution in [2.45, 2.75) is 32.9 Å². The van der Waals surface area contributed by atoms with Crippen LogP contribution in [0.1, 0.15) is 25.0 Å². The van der Waals surface area contributed by atoms with E-state index in [0.29, 0.717) is 11.1 Å². The maximum atomic E-state index is 12.9. The van der Waals surface area contributed by atoms with Crippen LogP contribution in [0.4, 0.5) is 0 Å². The fraction of sp³-hybridized carbons (Fsp3) is 0.316. The maximum absolute atomic E-state index is 12.9. The molecule has 28 heavy (non-hydrogen) atoms. The van der Waals surface area contributed by atoms with Gasteiger partial charge >= 0.3 is 17.1 Å². The molecule has 0 spiro atoms. The number of benzene rings is 1. The monoisotopic (exact) mass is 719 g/mol. The molecule has 1 aromatic carbocycles. The van der Waals surface area contributed by atoms with Crippen LogP contribution >= 0.6 is 67.8 Å². The second-order valence-corrected chi connectivity index (χ2v) is 17.8. The number of rotatable bonds is 7. The molecule has 0 amide bonds. The summed E-state index contributed by atoms with van der Waals surface area (Å²) in [6.07, 6.45) is 0. The SMILES string of the molecule is C=C(C)Cn1c(=O)n(CC(=C)C)c(=O)n(Cc2ccc(C(I)(I)I)cc2)c1=O. The van der Waals surface area contributed by atoms with Gasteiger partial charge in [-0.25, -0.2) is 28.1 Å². The summed E-state index contributed by atoms with van der Waals surface area (Å²) in [5, 5.41) is 0. The molecule has 6 nitrogen and oxygen atoms in total. The van der Waals surface area contributed by atoms with Crippen LogP contribution in [0.25, 0.3) is 0 Å². The third-order valence-corrected chi connectivity index (χ3v) is 5.73. The number of hydrogen-bond donors (Lipinski definition) is 0. The molecule has 2 rings (SSSR count). The van der Waals surface area contributed by atoms with Crippen LogP contribution in [-0.2, 0) is 19.1 Å². The molecule has 1 heterocycles. The van der Waals surface area contributed by atoms with Crippen LogP contribution < -0.4 is 17.1 Å². The van der Waals surface area contributed by atoms with Crippen molar-refractivity contribution in [3.63, 3.8) is 0 Å². The van der Waals surface area contributed by atoms with Gasteiger partial charge < -0.3 is 0 Å². The van der Waals surface area contributed by atoms with E-state index in [2.05, 4.69) is 80.9 Å². The Kier molecular flexibility index (Phi) is 7.92. The molecule has 0 atom stereocenters. The molecule has 0 aliphatic rings. The molecule has 0 aliphatic carbocycles. The summed E-state index contributed by atoms with van der Waals surface area (Å²) in [6.45, 7) is 11.2. The molecule has 0 fully saturated rings.